The molecule has 0 aliphatic carbocycles. The minimum Gasteiger partial charge on any atom is -0.338 e. The van der Waals surface area contributed by atoms with Gasteiger partial charge in [0.25, 0.3) is 5.91 Å². The molecule has 0 fully saturated rings. The molecule has 0 bridgehead atoms. The maximum atomic E-state index is 12.8. The molecular formula is C20H20N6O2. The molecule has 0 saturated carbocycles. The molecule has 4 aromatic rings. The van der Waals surface area contributed by atoms with Gasteiger partial charge in [0.05, 0.1) is 12.7 Å². The van der Waals surface area contributed by atoms with Gasteiger partial charge in [0.15, 0.2) is 0 Å². The molecule has 0 aliphatic rings. The summed E-state index contributed by atoms with van der Waals surface area (Å²) in [7, 11) is 0. The molecule has 3 heterocycles. The van der Waals surface area contributed by atoms with Crippen molar-refractivity contribution in [2.45, 2.75) is 20.4 Å². The number of aryl methyl sites for hydroxylation is 1. The average molecular weight is 376 g/mol. The predicted molar refractivity (Wildman–Crippen MR) is 105 cm³/mol. The zero-order valence-electron chi connectivity index (χ0n) is 15.6. The van der Waals surface area contributed by atoms with Crippen LogP contribution in [-0.2, 0) is 6.54 Å². The maximum Gasteiger partial charge on any atom is 0.274 e. The number of fused-ring (bicyclic) bond motifs is 1. The van der Waals surface area contributed by atoms with Crippen LogP contribution in [0.2, 0.25) is 0 Å². The monoisotopic (exact) mass is 376 g/mol. The molecule has 0 spiro atoms. The largest absolute Gasteiger partial charge is 0.338 e. The average Bonchev–Trinajstić information content (AvgIpc) is 3.35. The van der Waals surface area contributed by atoms with Crippen LogP contribution in [0, 0.1) is 6.92 Å². The number of anilines is 1. The van der Waals surface area contributed by atoms with E-state index in [-0.39, 0.29) is 5.91 Å². The van der Waals surface area contributed by atoms with Crippen molar-refractivity contribution in [3.8, 4) is 11.4 Å². The van der Waals surface area contributed by atoms with Crippen LogP contribution in [0.25, 0.3) is 17.0 Å². The van der Waals surface area contributed by atoms with Crippen LogP contribution < -0.4 is 10.6 Å². The van der Waals surface area contributed by atoms with Crippen LogP contribution in [0.4, 0.5) is 5.69 Å². The fourth-order valence-corrected chi connectivity index (χ4v) is 2.86. The van der Waals surface area contributed by atoms with Crippen LogP contribution in [-0.4, -0.2) is 32.0 Å². The summed E-state index contributed by atoms with van der Waals surface area (Å²) in [6.07, 6.45) is 3.38. The third-order valence-electron chi connectivity index (χ3n) is 4.39. The fraction of sp³-hybridized carbons (Fsp3) is 0.200. The molecule has 0 aliphatic heterocycles. The van der Waals surface area contributed by atoms with Gasteiger partial charge in [0, 0.05) is 17.4 Å². The second-order valence-electron chi connectivity index (χ2n) is 6.35. The van der Waals surface area contributed by atoms with Gasteiger partial charge in [0.2, 0.25) is 11.7 Å². The third-order valence-corrected chi connectivity index (χ3v) is 4.39. The molecule has 8 heteroatoms. The van der Waals surface area contributed by atoms with Crippen molar-refractivity contribution in [3.05, 3.63) is 65.9 Å². The van der Waals surface area contributed by atoms with Gasteiger partial charge in [-0.2, -0.15) is 4.98 Å². The number of nitrogens with zero attached hydrogens (tertiary/aromatic N) is 4. The Morgan fingerprint density at radius 2 is 2.14 bits per heavy atom. The summed E-state index contributed by atoms with van der Waals surface area (Å²) in [5.74, 6) is 0.770. The number of amides is 1. The smallest absolute Gasteiger partial charge is 0.274 e. The number of hydrogen-bond acceptors (Lipinski definition) is 6. The number of carbonyl (C=O) groups excluding carboxylic acids is 1. The van der Waals surface area contributed by atoms with Crippen molar-refractivity contribution in [1.82, 2.24) is 24.8 Å². The second kappa shape index (κ2) is 7.61. The lowest BCUT2D eigenvalue weighted by atomic mass is 10.1. The molecule has 1 aromatic carbocycles. The molecule has 0 saturated heterocycles. The summed E-state index contributed by atoms with van der Waals surface area (Å²) in [5.41, 5.74) is 3.57. The molecule has 1 amide bonds. The van der Waals surface area contributed by atoms with E-state index in [2.05, 4.69) is 25.8 Å². The first kappa shape index (κ1) is 17.9. The minimum absolute atomic E-state index is 0.236. The topological polar surface area (TPSA) is 97.3 Å². The van der Waals surface area contributed by atoms with Crippen molar-refractivity contribution in [3.63, 3.8) is 0 Å². The number of hydrogen-bond donors (Lipinski definition) is 2. The minimum atomic E-state index is -0.236. The van der Waals surface area contributed by atoms with Gasteiger partial charge in [-0.25, -0.2) is 4.98 Å². The van der Waals surface area contributed by atoms with Gasteiger partial charge < -0.3 is 15.2 Å². The van der Waals surface area contributed by atoms with E-state index in [4.69, 9.17) is 4.52 Å². The quantitative estimate of drug-likeness (QED) is 0.537. The Morgan fingerprint density at radius 1 is 1.25 bits per heavy atom. The van der Waals surface area contributed by atoms with Gasteiger partial charge >= 0.3 is 0 Å². The highest BCUT2D eigenvalue weighted by Crippen LogP contribution is 2.24. The number of carbonyl (C=O) groups is 1. The van der Waals surface area contributed by atoms with E-state index in [1.165, 1.54) is 0 Å². The SMILES string of the molecule is CCNCc1nc(-c2ccc(C)c(NC(=O)c3cnc4ccccn34)c2)no1. The summed E-state index contributed by atoms with van der Waals surface area (Å²) in [6, 6.07) is 11.3. The molecule has 3 aromatic heterocycles. The molecule has 2 N–H and O–H groups in total. The zero-order chi connectivity index (χ0) is 19.5. The highest BCUT2D eigenvalue weighted by atomic mass is 16.5. The highest BCUT2D eigenvalue weighted by Gasteiger charge is 2.15. The first-order valence-electron chi connectivity index (χ1n) is 9.03. The summed E-state index contributed by atoms with van der Waals surface area (Å²) in [6.45, 7) is 5.28. The van der Waals surface area contributed by atoms with Crippen molar-refractivity contribution >= 4 is 17.2 Å². The lowest BCUT2D eigenvalue weighted by molar-refractivity contribution is 0.102. The van der Waals surface area contributed by atoms with E-state index in [0.717, 1.165) is 23.3 Å². The number of pyridine rings is 1. The molecule has 0 unspecified atom stereocenters. The summed E-state index contributed by atoms with van der Waals surface area (Å²) < 4.78 is 7.01. The van der Waals surface area contributed by atoms with E-state index >= 15 is 0 Å². The normalized spacial score (nSPS) is 11.1. The van der Waals surface area contributed by atoms with Crippen molar-refractivity contribution in [1.29, 1.82) is 0 Å². The third kappa shape index (κ3) is 3.49. The summed E-state index contributed by atoms with van der Waals surface area (Å²) >= 11 is 0. The van der Waals surface area contributed by atoms with E-state index in [1.54, 1.807) is 10.6 Å². The number of benzene rings is 1. The van der Waals surface area contributed by atoms with Crippen LogP contribution in [0.3, 0.4) is 0 Å². The van der Waals surface area contributed by atoms with Gasteiger partial charge in [-0.1, -0.05) is 30.3 Å². The Kier molecular flexibility index (Phi) is 4.86. The predicted octanol–water partition coefficient (Wildman–Crippen LogP) is 3.05. The zero-order valence-corrected chi connectivity index (χ0v) is 15.6. The van der Waals surface area contributed by atoms with Crippen LogP contribution >= 0.6 is 0 Å². The Morgan fingerprint density at radius 3 is 3.00 bits per heavy atom. The van der Waals surface area contributed by atoms with Gasteiger partial charge in [-0.15, -0.1) is 0 Å². The van der Waals surface area contributed by atoms with E-state index in [9.17, 15) is 4.79 Å². The van der Waals surface area contributed by atoms with Gasteiger partial charge in [-0.05, 0) is 37.2 Å². The number of rotatable bonds is 6. The lowest BCUT2D eigenvalue weighted by Crippen LogP contribution is -2.15. The molecular weight excluding hydrogens is 356 g/mol. The van der Waals surface area contributed by atoms with E-state index < -0.39 is 0 Å². The molecule has 0 radical (unpaired) electrons. The summed E-state index contributed by atoms with van der Waals surface area (Å²) in [5, 5.41) is 10.1. The van der Waals surface area contributed by atoms with Crippen LogP contribution in [0.1, 0.15) is 28.9 Å². The molecule has 4 rings (SSSR count). The molecule has 0 atom stereocenters. The van der Waals surface area contributed by atoms with Gasteiger partial charge in [0.1, 0.15) is 11.3 Å². The van der Waals surface area contributed by atoms with Crippen LogP contribution in [0.5, 0.6) is 0 Å². The molecule has 28 heavy (non-hydrogen) atoms. The van der Waals surface area contributed by atoms with Crippen molar-refractivity contribution < 1.29 is 9.32 Å². The highest BCUT2D eigenvalue weighted by molar-refractivity contribution is 6.04. The Balaban J connectivity index is 1.59. The maximum absolute atomic E-state index is 12.8. The standard InChI is InChI=1S/C20H20N6O2/c1-3-21-12-18-24-19(25-28-18)14-8-7-13(2)15(10-14)23-20(27)16-11-22-17-6-4-5-9-26(16)17/h4-11,21H,3,12H2,1-2H3,(H,23,27). The fourth-order valence-electron chi connectivity index (χ4n) is 2.86. The first-order valence-corrected chi connectivity index (χ1v) is 9.03. The van der Waals surface area contributed by atoms with E-state index in [0.29, 0.717) is 29.6 Å². The molecule has 8 nitrogen and oxygen atoms in total. The molecule has 142 valence electrons. The number of nitrogens with one attached hydrogen (secondary N) is 2. The Bertz CT molecular complexity index is 1130. The van der Waals surface area contributed by atoms with Crippen LogP contribution in [0.15, 0.2) is 53.3 Å². The van der Waals surface area contributed by atoms with Gasteiger partial charge in [-0.3, -0.25) is 9.20 Å². The lowest BCUT2D eigenvalue weighted by Gasteiger charge is -2.09. The second-order valence-corrected chi connectivity index (χ2v) is 6.35. The number of aromatic nitrogens is 4. The van der Waals surface area contributed by atoms with E-state index in [1.807, 2.05) is 56.4 Å². The van der Waals surface area contributed by atoms with Crippen molar-refractivity contribution in [2.24, 2.45) is 0 Å². The number of imidazole rings is 1. The Labute approximate surface area is 161 Å². The first-order chi connectivity index (χ1) is 13.7. The Hall–Kier alpha value is -3.52. The van der Waals surface area contributed by atoms with Crippen molar-refractivity contribution in [2.75, 3.05) is 11.9 Å². The summed E-state index contributed by atoms with van der Waals surface area (Å²) in [4.78, 5) is 21.4.